The lowest BCUT2D eigenvalue weighted by molar-refractivity contribution is 0.225. The molecule has 1 aromatic carbocycles. The normalized spacial score (nSPS) is 15.1. The summed E-state index contributed by atoms with van der Waals surface area (Å²) in [7, 11) is 0. The average Bonchev–Trinajstić information content (AvgIpc) is 2.76. The van der Waals surface area contributed by atoms with Crippen LogP contribution < -0.4 is 5.32 Å². The van der Waals surface area contributed by atoms with Crippen LogP contribution in [0.3, 0.4) is 0 Å². The maximum absolute atomic E-state index is 11.9. The molecule has 0 bridgehead atoms. The molecule has 0 aliphatic carbocycles. The van der Waals surface area contributed by atoms with Crippen molar-refractivity contribution in [2.24, 2.45) is 0 Å². The van der Waals surface area contributed by atoms with Crippen LogP contribution in [0.1, 0.15) is 0 Å². The van der Waals surface area contributed by atoms with E-state index in [0.29, 0.717) is 26.6 Å². The quantitative estimate of drug-likeness (QED) is 0.843. The number of nitrogens with zero attached hydrogens (tertiary/aromatic N) is 1. The van der Waals surface area contributed by atoms with Crippen LogP contribution >= 0.6 is 46.6 Å². The first-order valence-corrected chi connectivity index (χ1v) is 7.15. The number of nitrogens with one attached hydrogen (secondary N) is 1. The standard InChI is InChI=1S/C10H9Cl3N2OS/c11-6-3-7(12)9(8(13)4-6)14-10(16)15-1-2-17-5-15/h3-4H,1-2,5H2,(H,14,16). The predicted molar refractivity (Wildman–Crippen MR) is 74.5 cm³/mol. The summed E-state index contributed by atoms with van der Waals surface area (Å²) >= 11 is 19.5. The molecule has 1 N–H and O–H groups in total. The number of anilines is 1. The van der Waals surface area contributed by atoms with E-state index in [2.05, 4.69) is 5.32 Å². The van der Waals surface area contributed by atoms with E-state index in [4.69, 9.17) is 34.8 Å². The van der Waals surface area contributed by atoms with Gasteiger partial charge in [0.05, 0.1) is 21.6 Å². The van der Waals surface area contributed by atoms with Crippen molar-refractivity contribution in [3.63, 3.8) is 0 Å². The zero-order valence-electron chi connectivity index (χ0n) is 8.67. The minimum Gasteiger partial charge on any atom is -0.314 e. The Morgan fingerprint density at radius 2 is 1.94 bits per heavy atom. The molecular weight excluding hydrogens is 303 g/mol. The van der Waals surface area contributed by atoms with Crippen LogP contribution in [-0.4, -0.2) is 29.1 Å². The molecule has 0 radical (unpaired) electrons. The second-order valence-corrected chi connectivity index (χ2v) is 5.80. The van der Waals surface area contributed by atoms with Gasteiger partial charge in [-0.1, -0.05) is 34.8 Å². The third-order valence-electron chi connectivity index (χ3n) is 2.28. The van der Waals surface area contributed by atoms with Crippen LogP contribution in [0.4, 0.5) is 10.5 Å². The van der Waals surface area contributed by atoms with Crippen LogP contribution in [0.25, 0.3) is 0 Å². The molecule has 1 aliphatic rings. The first-order valence-electron chi connectivity index (χ1n) is 4.86. The molecule has 0 unspecified atom stereocenters. The average molecular weight is 312 g/mol. The van der Waals surface area contributed by atoms with Crippen LogP contribution in [0.2, 0.25) is 15.1 Å². The summed E-state index contributed by atoms with van der Waals surface area (Å²) in [6.45, 7) is 0.735. The molecule has 0 saturated carbocycles. The Morgan fingerprint density at radius 3 is 2.47 bits per heavy atom. The van der Waals surface area contributed by atoms with Crippen molar-refractivity contribution in [2.45, 2.75) is 0 Å². The van der Waals surface area contributed by atoms with E-state index >= 15 is 0 Å². The van der Waals surface area contributed by atoms with E-state index in [1.165, 1.54) is 0 Å². The number of hydrogen-bond acceptors (Lipinski definition) is 2. The van der Waals surface area contributed by atoms with Gasteiger partial charge in [0.25, 0.3) is 0 Å². The van der Waals surface area contributed by atoms with Crippen molar-refractivity contribution in [2.75, 3.05) is 23.5 Å². The summed E-state index contributed by atoms with van der Waals surface area (Å²) in [4.78, 5) is 13.6. The van der Waals surface area contributed by atoms with Crippen molar-refractivity contribution in [1.82, 2.24) is 4.90 Å². The maximum Gasteiger partial charge on any atom is 0.322 e. The van der Waals surface area contributed by atoms with Gasteiger partial charge in [-0.3, -0.25) is 0 Å². The van der Waals surface area contributed by atoms with Crippen LogP contribution in [-0.2, 0) is 0 Å². The van der Waals surface area contributed by atoms with Crippen molar-refractivity contribution in [1.29, 1.82) is 0 Å². The SMILES string of the molecule is O=C(Nc1c(Cl)cc(Cl)cc1Cl)N1CCSC1. The lowest BCUT2D eigenvalue weighted by Crippen LogP contribution is -2.32. The molecule has 3 nitrogen and oxygen atoms in total. The highest BCUT2D eigenvalue weighted by atomic mass is 35.5. The van der Waals surface area contributed by atoms with Crippen molar-refractivity contribution >= 4 is 58.3 Å². The number of halogens is 3. The van der Waals surface area contributed by atoms with Gasteiger partial charge in [0.15, 0.2) is 0 Å². The topological polar surface area (TPSA) is 32.3 Å². The summed E-state index contributed by atoms with van der Waals surface area (Å²) in [6.07, 6.45) is 0. The van der Waals surface area contributed by atoms with Gasteiger partial charge in [0.1, 0.15) is 0 Å². The summed E-state index contributed by atoms with van der Waals surface area (Å²) in [5.74, 6) is 1.64. The van der Waals surface area contributed by atoms with Crippen molar-refractivity contribution in [3.8, 4) is 0 Å². The van der Waals surface area contributed by atoms with Gasteiger partial charge in [-0.15, -0.1) is 11.8 Å². The number of benzene rings is 1. The Balaban J connectivity index is 2.15. The monoisotopic (exact) mass is 310 g/mol. The Labute approximate surface area is 118 Å². The fraction of sp³-hybridized carbons (Fsp3) is 0.300. The van der Waals surface area contributed by atoms with Gasteiger partial charge in [0, 0.05) is 17.3 Å². The number of thioether (sulfide) groups is 1. The van der Waals surface area contributed by atoms with E-state index < -0.39 is 0 Å². The highest BCUT2D eigenvalue weighted by Gasteiger charge is 2.20. The van der Waals surface area contributed by atoms with Gasteiger partial charge >= 0.3 is 6.03 Å². The lowest BCUT2D eigenvalue weighted by atomic mass is 10.3. The van der Waals surface area contributed by atoms with E-state index in [9.17, 15) is 4.79 Å². The molecule has 1 aliphatic heterocycles. The maximum atomic E-state index is 11.9. The number of rotatable bonds is 1. The first-order chi connectivity index (χ1) is 8.08. The summed E-state index contributed by atoms with van der Waals surface area (Å²) in [6, 6.07) is 2.90. The smallest absolute Gasteiger partial charge is 0.314 e. The highest BCUT2D eigenvalue weighted by Crippen LogP contribution is 2.34. The molecule has 1 heterocycles. The number of carbonyl (C=O) groups excluding carboxylic acids is 1. The predicted octanol–water partition coefficient (Wildman–Crippen LogP) is 4.19. The molecule has 0 aromatic heterocycles. The molecule has 17 heavy (non-hydrogen) atoms. The molecule has 1 saturated heterocycles. The third-order valence-corrected chi connectivity index (χ3v) is 4.06. The number of carbonyl (C=O) groups is 1. The molecule has 92 valence electrons. The summed E-state index contributed by atoms with van der Waals surface area (Å²) in [5.41, 5.74) is 0.402. The van der Waals surface area contributed by atoms with Gasteiger partial charge in [-0.05, 0) is 12.1 Å². The van der Waals surface area contributed by atoms with Crippen LogP contribution in [0.5, 0.6) is 0 Å². The molecule has 1 aromatic rings. The lowest BCUT2D eigenvalue weighted by Gasteiger charge is -2.17. The van der Waals surface area contributed by atoms with Gasteiger partial charge in [-0.25, -0.2) is 4.79 Å². The van der Waals surface area contributed by atoms with E-state index in [1.54, 1.807) is 28.8 Å². The highest BCUT2D eigenvalue weighted by molar-refractivity contribution is 7.99. The van der Waals surface area contributed by atoms with Crippen molar-refractivity contribution in [3.05, 3.63) is 27.2 Å². The first kappa shape index (κ1) is 13.1. The zero-order valence-corrected chi connectivity index (χ0v) is 11.8. The van der Waals surface area contributed by atoms with Gasteiger partial charge < -0.3 is 10.2 Å². The zero-order chi connectivity index (χ0) is 12.4. The van der Waals surface area contributed by atoms with Gasteiger partial charge in [0.2, 0.25) is 0 Å². The summed E-state index contributed by atoms with van der Waals surface area (Å²) < 4.78 is 0. The number of hydrogen-bond donors (Lipinski definition) is 1. The Kier molecular flexibility index (Phi) is 4.31. The fourth-order valence-electron chi connectivity index (χ4n) is 1.42. The van der Waals surface area contributed by atoms with Crippen LogP contribution in [0, 0.1) is 0 Å². The van der Waals surface area contributed by atoms with Crippen LogP contribution in [0.15, 0.2) is 12.1 Å². The minimum absolute atomic E-state index is 0.193. The Hall–Kier alpha value is -0.290. The number of urea groups is 1. The van der Waals surface area contributed by atoms with Gasteiger partial charge in [-0.2, -0.15) is 0 Å². The number of amides is 2. The second kappa shape index (κ2) is 5.57. The molecule has 2 amide bonds. The molecule has 0 spiro atoms. The van der Waals surface area contributed by atoms with E-state index in [0.717, 1.165) is 12.3 Å². The second-order valence-electron chi connectivity index (χ2n) is 3.48. The molecule has 7 heteroatoms. The minimum atomic E-state index is -0.193. The summed E-state index contributed by atoms with van der Waals surface area (Å²) in [5, 5.41) is 3.81. The Bertz CT molecular complexity index is 426. The molecule has 0 atom stereocenters. The van der Waals surface area contributed by atoms with E-state index in [1.807, 2.05) is 0 Å². The molecule has 2 rings (SSSR count). The fourth-order valence-corrected chi connectivity index (χ4v) is 3.28. The molecular formula is C10H9Cl3N2OS. The largest absolute Gasteiger partial charge is 0.322 e. The molecule has 1 fully saturated rings. The Morgan fingerprint density at radius 1 is 1.29 bits per heavy atom. The third kappa shape index (κ3) is 3.13. The van der Waals surface area contributed by atoms with E-state index in [-0.39, 0.29) is 6.03 Å². The van der Waals surface area contributed by atoms with Crippen molar-refractivity contribution < 1.29 is 4.79 Å².